The molecular weight excluding hydrogens is 531 g/mol. The summed E-state index contributed by atoms with van der Waals surface area (Å²) in [5, 5.41) is 5.25. The fourth-order valence-electron chi connectivity index (χ4n) is 4.15. The van der Waals surface area contributed by atoms with E-state index in [1.165, 1.54) is 18.2 Å². The molecule has 0 spiro atoms. The van der Waals surface area contributed by atoms with Crippen molar-refractivity contribution in [2.45, 2.75) is 51.8 Å². The third-order valence-electron chi connectivity index (χ3n) is 6.14. The minimum absolute atomic E-state index is 0.0471. The molecule has 0 aliphatic heterocycles. The monoisotopic (exact) mass is 566 g/mol. The van der Waals surface area contributed by atoms with Crippen LogP contribution in [-0.2, 0) is 38.3 Å². The lowest BCUT2D eigenvalue weighted by molar-refractivity contribution is -0.129. The van der Waals surface area contributed by atoms with E-state index in [1.54, 1.807) is 6.07 Å². The van der Waals surface area contributed by atoms with Crippen LogP contribution in [0.5, 0.6) is 0 Å². The molecule has 0 aliphatic rings. The van der Waals surface area contributed by atoms with Gasteiger partial charge in [0.15, 0.2) is 5.78 Å². The van der Waals surface area contributed by atoms with E-state index >= 15 is 0 Å². The van der Waals surface area contributed by atoms with Crippen molar-refractivity contribution in [1.82, 2.24) is 10.6 Å². The van der Waals surface area contributed by atoms with Crippen LogP contribution in [0.15, 0.2) is 84.9 Å². The van der Waals surface area contributed by atoms with Crippen LogP contribution in [0.1, 0.15) is 37.0 Å². The first-order chi connectivity index (χ1) is 19.0. The first kappa shape index (κ1) is 30.8. The number of amides is 2. The van der Waals surface area contributed by atoms with Gasteiger partial charge in [0.2, 0.25) is 5.91 Å². The number of benzene rings is 3. The van der Waals surface area contributed by atoms with Crippen molar-refractivity contribution in [2.75, 3.05) is 0 Å². The van der Waals surface area contributed by atoms with Crippen molar-refractivity contribution >= 4 is 30.7 Å². The first-order valence-corrected chi connectivity index (χ1v) is 14.6. The van der Waals surface area contributed by atoms with E-state index < -0.39 is 31.7 Å². The summed E-state index contributed by atoms with van der Waals surface area (Å²) in [5.41, 5.74) is 2.04. The van der Waals surface area contributed by atoms with Crippen LogP contribution in [-0.4, -0.2) is 39.7 Å². The molecule has 10 heteroatoms. The van der Waals surface area contributed by atoms with E-state index in [2.05, 4.69) is 10.6 Å². The molecule has 0 aliphatic carbocycles. The Morgan fingerprint density at radius 3 is 2.00 bits per heavy atom. The fraction of sp³-hybridized carbons (Fsp3) is 0.300. The number of nitrogens with one attached hydrogen (secondary N) is 2. The Labute approximate surface area is 234 Å². The number of ketones is 1. The second kappa shape index (κ2) is 14.6. The van der Waals surface area contributed by atoms with Gasteiger partial charge < -0.3 is 25.2 Å². The van der Waals surface area contributed by atoms with Crippen molar-refractivity contribution in [3.8, 4) is 0 Å². The molecule has 4 N–H and O–H groups in total. The van der Waals surface area contributed by atoms with Crippen molar-refractivity contribution in [3.63, 3.8) is 0 Å². The van der Waals surface area contributed by atoms with Gasteiger partial charge in [-0.1, -0.05) is 86.6 Å². The Morgan fingerprint density at radius 1 is 0.800 bits per heavy atom. The maximum atomic E-state index is 13.4. The molecule has 0 unspecified atom stereocenters. The van der Waals surface area contributed by atoms with Gasteiger partial charge in [-0.05, 0) is 47.6 Å². The van der Waals surface area contributed by atoms with Crippen molar-refractivity contribution in [2.24, 2.45) is 5.92 Å². The molecule has 40 heavy (non-hydrogen) atoms. The molecule has 2 atom stereocenters. The van der Waals surface area contributed by atoms with Gasteiger partial charge in [-0.3, -0.25) is 14.2 Å². The number of carbonyl (C=O) groups excluding carboxylic acids is 3. The second-order valence-electron chi connectivity index (χ2n) is 10.00. The van der Waals surface area contributed by atoms with E-state index in [9.17, 15) is 28.7 Å². The van der Waals surface area contributed by atoms with Gasteiger partial charge in [-0.15, -0.1) is 0 Å². The van der Waals surface area contributed by atoms with E-state index in [-0.39, 0.29) is 36.5 Å². The molecule has 212 valence electrons. The third-order valence-corrected chi connectivity index (χ3v) is 7.09. The molecule has 0 saturated heterocycles. The third kappa shape index (κ3) is 10.1. The van der Waals surface area contributed by atoms with Crippen LogP contribution >= 0.6 is 7.60 Å². The van der Waals surface area contributed by atoms with Crippen LogP contribution in [0.25, 0.3) is 0 Å². The number of rotatable bonds is 13. The average molecular weight is 567 g/mol. The Bertz CT molecular complexity index is 1330. The molecule has 0 saturated carbocycles. The number of alkyl carbamates (subject to hydrolysis) is 1. The highest BCUT2D eigenvalue weighted by Gasteiger charge is 2.28. The molecule has 3 aromatic carbocycles. The maximum Gasteiger partial charge on any atom is 0.408 e. The second-order valence-corrected chi connectivity index (χ2v) is 11.6. The lowest BCUT2D eigenvalue weighted by Crippen LogP contribution is -2.53. The summed E-state index contributed by atoms with van der Waals surface area (Å²) < 4.78 is 17.0. The quantitative estimate of drug-likeness (QED) is 0.231. The molecule has 0 bridgehead atoms. The van der Waals surface area contributed by atoms with Gasteiger partial charge in [0, 0.05) is 6.42 Å². The Kier molecular flexibility index (Phi) is 11.2. The smallest absolute Gasteiger partial charge is 0.408 e. The Balaban J connectivity index is 1.75. The van der Waals surface area contributed by atoms with E-state index in [1.807, 2.05) is 74.5 Å². The molecule has 0 fully saturated rings. The van der Waals surface area contributed by atoms with Crippen molar-refractivity contribution in [3.05, 3.63) is 102 Å². The number of Topliss-reactive ketones (excluding diaryl/α,β-unsaturated/α-hetero) is 1. The zero-order valence-corrected chi connectivity index (χ0v) is 23.4. The molecule has 3 aromatic rings. The highest BCUT2D eigenvalue weighted by molar-refractivity contribution is 7.60. The SMILES string of the molecule is CC(C)C[C@H](NC(=O)OCc1ccccc1)C(=O)N[C@@H](Cc1ccccc1)C(=O)Cc1cccc(P(=O)(O)O)c1. The van der Waals surface area contributed by atoms with E-state index in [0.29, 0.717) is 12.0 Å². The molecule has 9 nitrogen and oxygen atoms in total. The van der Waals surface area contributed by atoms with Gasteiger partial charge in [-0.25, -0.2) is 4.79 Å². The number of ether oxygens (including phenoxy) is 1. The molecule has 2 amide bonds. The topological polar surface area (TPSA) is 142 Å². The van der Waals surface area contributed by atoms with Crippen LogP contribution in [0.3, 0.4) is 0 Å². The molecule has 0 radical (unpaired) electrons. The van der Waals surface area contributed by atoms with Crippen LogP contribution < -0.4 is 15.9 Å². The zero-order chi connectivity index (χ0) is 29.1. The Hall–Kier alpha value is -3.78. The van der Waals surface area contributed by atoms with Gasteiger partial charge in [0.25, 0.3) is 0 Å². The highest BCUT2D eigenvalue weighted by Crippen LogP contribution is 2.33. The van der Waals surface area contributed by atoms with E-state index in [0.717, 1.165) is 11.1 Å². The molecule has 0 aromatic heterocycles. The van der Waals surface area contributed by atoms with Gasteiger partial charge in [-0.2, -0.15) is 0 Å². The number of carbonyl (C=O) groups is 3. The normalized spacial score (nSPS) is 12.8. The summed E-state index contributed by atoms with van der Waals surface area (Å²) in [6.07, 6.45) is -0.364. The standard InChI is InChI=1S/C30H35N2O7P/c1-21(2)16-27(32-30(35)39-20-23-12-7-4-8-13-23)29(34)31-26(18-22-10-5-3-6-11-22)28(33)19-24-14-9-15-25(17-24)40(36,37)38/h3-15,17,21,26-27H,16,18-20H2,1-2H3,(H,31,34)(H,32,35)(H2,36,37,38)/t26-,27-/m0/s1. The van der Waals surface area contributed by atoms with E-state index in [4.69, 9.17) is 4.74 Å². The average Bonchev–Trinajstić information content (AvgIpc) is 2.91. The summed E-state index contributed by atoms with van der Waals surface area (Å²) in [6, 6.07) is 22.1. The predicted octanol–water partition coefficient (Wildman–Crippen LogP) is 3.67. The van der Waals surface area contributed by atoms with Crippen LogP contribution in [0.4, 0.5) is 4.79 Å². The van der Waals surface area contributed by atoms with Crippen molar-refractivity contribution in [1.29, 1.82) is 0 Å². The van der Waals surface area contributed by atoms with Gasteiger partial charge in [0.1, 0.15) is 12.6 Å². The van der Waals surface area contributed by atoms with Crippen LogP contribution in [0.2, 0.25) is 0 Å². The summed E-state index contributed by atoms with van der Waals surface area (Å²) in [5.74, 6) is -0.803. The molecule has 3 rings (SSSR count). The first-order valence-electron chi connectivity index (χ1n) is 13.0. The minimum atomic E-state index is -4.49. The molecular formula is C30H35N2O7P. The van der Waals surface area contributed by atoms with Crippen molar-refractivity contribution < 1.29 is 33.5 Å². The summed E-state index contributed by atoms with van der Waals surface area (Å²) >= 11 is 0. The van der Waals surface area contributed by atoms with Crippen LogP contribution in [0, 0.1) is 5.92 Å². The maximum absolute atomic E-state index is 13.4. The minimum Gasteiger partial charge on any atom is -0.445 e. The van der Waals surface area contributed by atoms with Gasteiger partial charge in [0.05, 0.1) is 11.3 Å². The molecule has 0 heterocycles. The fourth-order valence-corrected chi connectivity index (χ4v) is 4.76. The van der Waals surface area contributed by atoms with Gasteiger partial charge >= 0.3 is 13.7 Å². The largest absolute Gasteiger partial charge is 0.445 e. The summed E-state index contributed by atoms with van der Waals surface area (Å²) in [4.78, 5) is 58.4. The lowest BCUT2D eigenvalue weighted by atomic mass is 9.96. The highest BCUT2D eigenvalue weighted by atomic mass is 31.2. The number of hydrogen-bond acceptors (Lipinski definition) is 5. The summed E-state index contributed by atoms with van der Waals surface area (Å²) in [7, 11) is -4.49. The lowest BCUT2D eigenvalue weighted by Gasteiger charge is -2.24. The summed E-state index contributed by atoms with van der Waals surface area (Å²) in [6.45, 7) is 3.88. The number of hydrogen-bond donors (Lipinski definition) is 4. The zero-order valence-electron chi connectivity index (χ0n) is 22.5. The predicted molar refractivity (Wildman–Crippen MR) is 152 cm³/mol. The Morgan fingerprint density at radius 2 is 1.40 bits per heavy atom.